The first kappa shape index (κ1) is 14.7. The van der Waals surface area contributed by atoms with Gasteiger partial charge in [-0.1, -0.05) is 18.7 Å². The summed E-state index contributed by atoms with van der Waals surface area (Å²) in [6, 6.07) is 3.05. The second kappa shape index (κ2) is 7.17. The van der Waals surface area contributed by atoms with Crippen molar-refractivity contribution in [3.63, 3.8) is 0 Å². The minimum Gasteiger partial charge on any atom is -0.396 e. The van der Waals surface area contributed by atoms with E-state index in [4.69, 9.17) is 5.11 Å². The van der Waals surface area contributed by atoms with Crippen LogP contribution in [0.4, 0.5) is 11.5 Å². The highest BCUT2D eigenvalue weighted by Gasteiger charge is 2.17. The van der Waals surface area contributed by atoms with Crippen LogP contribution in [0.5, 0.6) is 0 Å². The van der Waals surface area contributed by atoms with E-state index in [1.54, 1.807) is 6.07 Å². The molecule has 0 saturated carbocycles. The average molecular weight is 271 g/mol. The zero-order valence-electron chi connectivity index (χ0n) is 10.4. The van der Waals surface area contributed by atoms with Gasteiger partial charge in [0.05, 0.1) is 4.92 Å². The fourth-order valence-electron chi connectivity index (χ4n) is 1.23. The Kier molecular flexibility index (Phi) is 5.87. The summed E-state index contributed by atoms with van der Waals surface area (Å²) in [6.45, 7) is 4.59. The molecule has 0 bridgehead atoms. The van der Waals surface area contributed by atoms with E-state index in [1.807, 2.05) is 13.8 Å². The maximum atomic E-state index is 10.9. The first-order valence-electron chi connectivity index (χ1n) is 5.71. The summed E-state index contributed by atoms with van der Waals surface area (Å²) in [7, 11) is 0. The average Bonchev–Trinajstić information content (AvgIpc) is 2.36. The van der Waals surface area contributed by atoms with Gasteiger partial charge in [-0.05, 0) is 18.9 Å². The molecule has 1 heterocycles. The van der Waals surface area contributed by atoms with Crippen LogP contribution in [0.15, 0.2) is 17.2 Å². The molecular formula is C11H17N3O3S. The minimum atomic E-state index is -0.436. The molecule has 1 unspecified atom stereocenters. The number of rotatable bonds is 7. The molecule has 18 heavy (non-hydrogen) atoms. The Morgan fingerprint density at radius 3 is 2.89 bits per heavy atom. The highest BCUT2D eigenvalue weighted by molar-refractivity contribution is 7.99. The van der Waals surface area contributed by atoms with Crippen LogP contribution in [-0.2, 0) is 0 Å². The highest BCUT2D eigenvalue weighted by atomic mass is 32.2. The number of aromatic nitrogens is 1. The van der Waals surface area contributed by atoms with Crippen molar-refractivity contribution in [1.82, 2.24) is 4.98 Å². The molecule has 1 rings (SSSR count). The number of nitrogens with one attached hydrogen (secondary N) is 1. The maximum Gasteiger partial charge on any atom is 0.301 e. The second-order valence-electron chi connectivity index (χ2n) is 3.91. The smallest absolute Gasteiger partial charge is 0.301 e. The molecule has 0 aliphatic carbocycles. The van der Waals surface area contributed by atoms with E-state index in [1.165, 1.54) is 17.8 Å². The monoisotopic (exact) mass is 271 g/mol. The predicted molar refractivity (Wildman–Crippen MR) is 72.0 cm³/mol. The number of thioether (sulfide) groups is 1. The predicted octanol–water partition coefficient (Wildman–Crippen LogP) is 2.14. The van der Waals surface area contributed by atoms with E-state index < -0.39 is 4.92 Å². The Labute approximate surface area is 110 Å². The molecule has 0 aliphatic heterocycles. The molecule has 0 amide bonds. The van der Waals surface area contributed by atoms with Crippen LogP contribution in [0.1, 0.15) is 13.8 Å². The number of hydrogen-bond donors (Lipinski definition) is 2. The van der Waals surface area contributed by atoms with Crippen LogP contribution in [0.25, 0.3) is 0 Å². The van der Waals surface area contributed by atoms with Gasteiger partial charge in [0, 0.05) is 25.0 Å². The summed E-state index contributed by atoms with van der Waals surface area (Å²) in [5.41, 5.74) is 0.00629. The maximum absolute atomic E-state index is 10.9. The van der Waals surface area contributed by atoms with Crippen molar-refractivity contribution >= 4 is 23.3 Å². The number of pyridine rings is 1. The standard InChI is InChI=1S/C11H17N3O3S/c1-3-12-10-5-4-9(14(16)17)11(13-10)18-7-8(2)6-15/h4-5,8,15H,3,6-7H2,1-2H3,(H,12,13). The van der Waals surface area contributed by atoms with E-state index in [0.29, 0.717) is 23.1 Å². The van der Waals surface area contributed by atoms with Crippen LogP contribution in [0, 0.1) is 16.0 Å². The number of hydrogen-bond acceptors (Lipinski definition) is 6. The summed E-state index contributed by atoms with van der Waals surface area (Å²) in [4.78, 5) is 14.7. The highest BCUT2D eigenvalue weighted by Crippen LogP contribution is 2.29. The Balaban J connectivity index is 2.89. The van der Waals surface area contributed by atoms with Crippen molar-refractivity contribution in [1.29, 1.82) is 0 Å². The van der Waals surface area contributed by atoms with Gasteiger partial charge in [-0.3, -0.25) is 10.1 Å². The van der Waals surface area contributed by atoms with Crippen molar-refractivity contribution in [2.45, 2.75) is 18.9 Å². The quantitative estimate of drug-likeness (QED) is 0.449. The van der Waals surface area contributed by atoms with E-state index in [-0.39, 0.29) is 18.2 Å². The van der Waals surface area contributed by atoms with E-state index in [2.05, 4.69) is 10.3 Å². The van der Waals surface area contributed by atoms with Crippen LogP contribution in [0.3, 0.4) is 0 Å². The van der Waals surface area contributed by atoms with Crippen LogP contribution >= 0.6 is 11.8 Å². The second-order valence-corrected chi connectivity index (χ2v) is 4.92. The lowest BCUT2D eigenvalue weighted by molar-refractivity contribution is -0.388. The van der Waals surface area contributed by atoms with Gasteiger partial charge in [-0.15, -0.1) is 0 Å². The molecule has 0 saturated heterocycles. The molecule has 0 radical (unpaired) electrons. The first-order chi connectivity index (χ1) is 8.58. The van der Waals surface area contributed by atoms with Crippen molar-refractivity contribution in [3.8, 4) is 0 Å². The molecule has 0 aromatic carbocycles. The topological polar surface area (TPSA) is 88.3 Å². The SMILES string of the molecule is CCNc1ccc([N+](=O)[O-])c(SCC(C)CO)n1. The van der Waals surface area contributed by atoms with Crippen molar-refractivity contribution in [2.75, 3.05) is 24.2 Å². The molecule has 6 nitrogen and oxygen atoms in total. The fourth-order valence-corrected chi connectivity index (χ4v) is 2.23. The Morgan fingerprint density at radius 2 is 2.33 bits per heavy atom. The van der Waals surface area contributed by atoms with E-state index in [0.717, 1.165) is 0 Å². The van der Waals surface area contributed by atoms with Gasteiger partial charge >= 0.3 is 5.69 Å². The normalized spacial score (nSPS) is 12.2. The molecule has 0 spiro atoms. The third-order valence-electron chi connectivity index (χ3n) is 2.21. The van der Waals surface area contributed by atoms with Gasteiger partial charge in [0.2, 0.25) is 0 Å². The molecular weight excluding hydrogens is 254 g/mol. The molecule has 0 fully saturated rings. The Morgan fingerprint density at radius 1 is 1.61 bits per heavy atom. The van der Waals surface area contributed by atoms with Gasteiger partial charge in [0.15, 0.2) is 5.03 Å². The van der Waals surface area contributed by atoms with Crippen LogP contribution in [0.2, 0.25) is 0 Å². The van der Waals surface area contributed by atoms with Gasteiger partial charge in [0.1, 0.15) is 5.82 Å². The lowest BCUT2D eigenvalue weighted by Crippen LogP contribution is -2.05. The molecule has 2 N–H and O–H groups in total. The lowest BCUT2D eigenvalue weighted by Gasteiger charge is -2.08. The number of aliphatic hydroxyl groups excluding tert-OH is 1. The summed E-state index contributed by atoms with van der Waals surface area (Å²) in [5.74, 6) is 1.31. The Bertz CT molecular complexity index is 415. The number of aliphatic hydroxyl groups is 1. The largest absolute Gasteiger partial charge is 0.396 e. The third kappa shape index (κ3) is 4.15. The minimum absolute atomic E-state index is 0.00629. The fraction of sp³-hybridized carbons (Fsp3) is 0.545. The van der Waals surface area contributed by atoms with Crippen LogP contribution in [-0.4, -0.2) is 33.9 Å². The zero-order valence-corrected chi connectivity index (χ0v) is 11.2. The van der Waals surface area contributed by atoms with Gasteiger partial charge in [0.25, 0.3) is 0 Å². The first-order valence-corrected chi connectivity index (χ1v) is 6.70. The van der Waals surface area contributed by atoms with E-state index in [9.17, 15) is 10.1 Å². The number of nitrogens with zero attached hydrogens (tertiary/aromatic N) is 2. The zero-order chi connectivity index (χ0) is 13.5. The summed E-state index contributed by atoms with van der Waals surface area (Å²) < 4.78 is 0. The molecule has 0 aliphatic rings. The lowest BCUT2D eigenvalue weighted by atomic mass is 10.2. The molecule has 7 heteroatoms. The van der Waals surface area contributed by atoms with Gasteiger partial charge in [-0.2, -0.15) is 0 Å². The van der Waals surface area contributed by atoms with Crippen molar-refractivity contribution in [2.24, 2.45) is 5.92 Å². The molecule has 1 atom stereocenters. The number of anilines is 1. The van der Waals surface area contributed by atoms with Crippen molar-refractivity contribution in [3.05, 3.63) is 22.2 Å². The summed E-state index contributed by atoms with van der Waals surface area (Å²) in [6.07, 6.45) is 0. The third-order valence-corrected chi connectivity index (χ3v) is 3.52. The Hall–Kier alpha value is -1.34. The van der Waals surface area contributed by atoms with Gasteiger partial charge in [-0.25, -0.2) is 4.98 Å². The summed E-state index contributed by atoms with van der Waals surface area (Å²) in [5, 5.41) is 23.2. The van der Waals surface area contributed by atoms with Crippen LogP contribution < -0.4 is 5.32 Å². The molecule has 100 valence electrons. The number of nitro groups is 1. The van der Waals surface area contributed by atoms with Crippen molar-refractivity contribution < 1.29 is 10.0 Å². The van der Waals surface area contributed by atoms with Gasteiger partial charge < -0.3 is 10.4 Å². The molecule has 1 aromatic rings. The van der Waals surface area contributed by atoms with E-state index >= 15 is 0 Å². The molecule has 1 aromatic heterocycles. The summed E-state index contributed by atoms with van der Waals surface area (Å²) >= 11 is 1.30.